The Hall–Kier alpha value is -1.97. The average Bonchev–Trinajstić information content (AvgIpc) is 2.38. The summed E-state index contributed by atoms with van der Waals surface area (Å²) >= 11 is 0. The topological polar surface area (TPSA) is 50.7 Å². The third kappa shape index (κ3) is 3.52. The van der Waals surface area contributed by atoms with Crippen molar-refractivity contribution in [1.82, 2.24) is 15.0 Å². The molecule has 0 saturated carbocycles. The van der Waals surface area contributed by atoms with Crippen LogP contribution in [0.5, 0.6) is 0 Å². The Morgan fingerprint density at radius 1 is 1.12 bits per heavy atom. The first-order valence-electron chi connectivity index (χ1n) is 5.83. The van der Waals surface area contributed by atoms with E-state index in [0.717, 1.165) is 36.6 Å². The molecule has 0 fully saturated rings. The van der Waals surface area contributed by atoms with Crippen LogP contribution in [0.2, 0.25) is 0 Å². The zero-order chi connectivity index (χ0) is 11.9. The van der Waals surface area contributed by atoms with Gasteiger partial charge in [0, 0.05) is 30.9 Å². The molecule has 2 aromatic heterocycles. The van der Waals surface area contributed by atoms with E-state index in [1.807, 2.05) is 24.3 Å². The number of rotatable bonds is 5. The highest BCUT2D eigenvalue weighted by Gasteiger charge is 2.00. The molecular weight excluding hydrogens is 212 g/mol. The number of nitrogens with zero attached hydrogens (tertiary/aromatic N) is 3. The van der Waals surface area contributed by atoms with Crippen molar-refractivity contribution in [2.45, 2.75) is 19.8 Å². The Morgan fingerprint density at radius 3 is 2.82 bits per heavy atom. The highest BCUT2D eigenvalue weighted by molar-refractivity contribution is 5.35. The predicted octanol–water partition coefficient (Wildman–Crippen LogP) is 2.28. The fourth-order valence-corrected chi connectivity index (χ4v) is 1.53. The summed E-state index contributed by atoms with van der Waals surface area (Å²) < 4.78 is 0. The minimum Gasteiger partial charge on any atom is -0.370 e. The summed E-state index contributed by atoms with van der Waals surface area (Å²) in [6, 6.07) is 7.88. The van der Waals surface area contributed by atoms with E-state index >= 15 is 0 Å². The second-order valence-electron chi connectivity index (χ2n) is 3.82. The lowest BCUT2D eigenvalue weighted by atomic mass is 10.2. The molecule has 0 saturated heterocycles. The number of pyridine rings is 1. The van der Waals surface area contributed by atoms with Crippen molar-refractivity contribution in [2.24, 2.45) is 0 Å². The minimum absolute atomic E-state index is 0.740. The minimum atomic E-state index is 0.740. The molecule has 17 heavy (non-hydrogen) atoms. The van der Waals surface area contributed by atoms with Crippen LogP contribution in [0.1, 0.15) is 24.7 Å². The Morgan fingerprint density at radius 2 is 2.06 bits per heavy atom. The van der Waals surface area contributed by atoms with E-state index in [9.17, 15) is 0 Å². The van der Waals surface area contributed by atoms with Crippen molar-refractivity contribution in [3.05, 3.63) is 48.2 Å². The summed E-state index contributed by atoms with van der Waals surface area (Å²) in [5.74, 6) is 0.882. The van der Waals surface area contributed by atoms with E-state index in [2.05, 4.69) is 27.2 Å². The second-order valence-corrected chi connectivity index (χ2v) is 3.82. The summed E-state index contributed by atoms with van der Waals surface area (Å²) in [6.07, 6.45) is 5.22. The fourth-order valence-electron chi connectivity index (χ4n) is 1.53. The molecule has 2 heterocycles. The van der Waals surface area contributed by atoms with E-state index in [1.165, 1.54) is 0 Å². The van der Waals surface area contributed by atoms with Gasteiger partial charge in [-0.05, 0) is 18.6 Å². The first-order chi connectivity index (χ1) is 8.38. The van der Waals surface area contributed by atoms with Gasteiger partial charge in [-0.25, -0.2) is 9.97 Å². The Bertz CT molecular complexity index is 456. The quantitative estimate of drug-likeness (QED) is 0.853. The average molecular weight is 228 g/mol. The molecule has 4 heteroatoms. The van der Waals surface area contributed by atoms with E-state index in [0.29, 0.717) is 0 Å². The van der Waals surface area contributed by atoms with Crippen LogP contribution < -0.4 is 5.32 Å². The first kappa shape index (κ1) is 11.5. The third-order valence-corrected chi connectivity index (χ3v) is 2.37. The maximum Gasteiger partial charge on any atom is 0.129 e. The largest absolute Gasteiger partial charge is 0.370 e. The van der Waals surface area contributed by atoms with Gasteiger partial charge >= 0.3 is 0 Å². The standard InChI is InChI=1S/C13H16N4/c1-2-6-15-13-9-12(16-10-17-13)8-11-5-3-4-7-14-11/h3-5,7,9-10H,2,6,8H2,1H3,(H,15,16,17). The van der Waals surface area contributed by atoms with Gasteiger partial charge in [-0.1, -0.05) is 13.0 Å². The molecule has 0 unspecified atom stereocenters. The molecule has 0 aliphatic heterocycles. The normalized spacial score (nSPS) is 10.2. The number of hydrogen-bond acceptors (Lipinski definition) is 4. The van der Waals surface area contributed by atoms with Crippen LogP contribution in [0, 0.1) is 0 Å². The lowest BCUT2D eigenvalue weighted by Gasteiger charge is -2.05. The molecule has 0 aromatic carbocycles. The van der Waals surface area contributed by atoms with E-state index in [-0.39, 0.29) is 0 Å². The lowest BCUT2D eigenvalue weighted by molar-refractivity contribution is 0.946. The van der Waals surface area contributed by atoms with Crippen LogP contribution in [-0.4, -0.2) is 21.5 Å². The predicted molar refractivity (Wildman–Crippen MR) is 67.9 cm³/mol. The second kappa shape index (κ2) is 5.94. The van der Waals surface area contributed by atoms with Crippen molar-refractivity contribution in [3.8, 4) is 0 Å². The maximum atomic E-state index is 4.29. The van der Waals surface area contributed by atoms with Gasteiger partial charge in [-0.2, -0.15) is 0 Å². The van der Waals surface area contributed by atoms with Gasteiger partial charge < -0.3 is 5.32 Å². The van der Waals surface area contributed by atoms with Crippen molar-refractivity contribution >= 4 is 5.82 Å². The van der Waals surface area contributed by atoms with Crippen LogP contribution in [0.25, 0.3) is 0 Å². The molecule has 0 amide bonds. The van der Waals surface area contributed by atoms with Crippen LogP contribution in [0.4, 0.5) is 5.82 Å². The molecule has 88 valence electrons. The van der Waals surface area contributed by atoms with E-state index in [4.69, 9.17) is 0 Å². The van der Waals surface area contributed by atoms with Crippen molar-refractivity contribution < 1.29 is 0 Å². The Labute approximate surface area is 101 Å². The molecule has 0 bridgehead atoms. The molecule has 4 nitrogen and oxygen atoms in total. The zero-order valence-electron chi connectivity index (χ0n) is 9.93. The van der Waals surface area contributed by atoms with Crippen LogP contribution in [0.15, 0.2) is 36.8 Å². The first-order valence-corrected chi connectivity index (χ1v) is 5.83. The van der Waals surface area contributed by atoms with Crippen molar-refractivity contribution in [3.63, 3.8) is 0 Å². The van der Waals surface area contributed by atoms with Gasteiger partial charge in [-0.15, -0.1) is 0 Å². The summed E-state index contributed by atoms with van der Waals surface area (Å²) in [6.45, 7) is 3.06. The zero-order valence-corrected chi connectivity index (χ0v) is 9.93. The summed E-state index contributed by atoms with van der Waals surface area (Å²) in [5, 5.41) is 3.25. The van der Waals surface area contributed by atoms with Crippen molar-refractivity contribution in [1.29, 1.82) is 0 Å². The fraction of sp³-hybridized carbons (Fsp3) is 0.308. The van der Waals surface area contributed by atoms with Gasteiger partial charge in [-0.3, -0.25) is 4.98 Å². The maximum absolute atomic E-state index is 4.29. The molecule has 0 spiro atoms. The molecule has 0 aliphatic carbocycles. The molecule has 0 radical (unpaired) electrons. The number of aromatic nitrogens is 3. The number of anilines is 1. The summed E-state index contributed by atoms with van der Waals surface area (Å²) in [4.78, 5) is 12.7. The van der Waals surface area contributed by atoms with Crippen molar-refractivity contribution in [2.75, 3.05) is 11.9 Å². The summed E-state index contributed by atoms with van der Waals surface area (Å²) in [5.41, 5.74) is 2.00. The van der Waals surface area contributed by atoms with Crippen LogP contribution >= 0.6 is 0 Å². The molecule has 0 atom stereocenters. The van der Waals surface area contributed by atoms with Crippen LogP contribution in [0.3, 0.4) is 0 Å². The molecular formula is C13H16N4. The van der Waals surface area contributed by atoms with Gasteiger partial charge in [0.2, 0.25) is 0 Å². The number of nitrogens with one attached hydrogen (secondary N) is 1. The molecule has 0 aliphatic rings. The van der Waals surface area contributed by atoms with Gasteiger partial charge in [0.1, 0.15) is 12.1 Å². The Kier molecular flexibility index (Phi) is 4.02. The van der Waals surface area contributed by atoms with Gasteiger partial charge in [0.05, 0.1) is 5.69 Å². The molecule has 2 rings (SSSR count). The van der Waals surface area contributed by atoms with Crippen LogP contribution in [-0.2, 0) is 6.42 Å². The SMILES string of the molecule is CCCNc1cc(Cc2ccccn2)ncn1. The summed E-state index contributed by atoms with van der Waals surface area (Å²) in [7, 11) is 0. The van der Waals surface area contributed by atoms with E-state index < -0.39 is 0 Å². The smallest absolute Gasteiger partial charge is 0.129 e. The van der Waals surface area contributed by atoms with E-state index in [1.54, 1.807) is 12.5 Å². The molecule has 2 aromatic rings. The monoisotopic (exact) mass is 228 g/mol. The Balaban J connectivity index is 2.06. The highest BCUT2D eigenvalue weighted by Crippen LogP contribution is 2.08. The molecule has 1 N–H and O–H groups in total. The van der Waals surface area contributed by atoms with Gasteiger partial charge in [0.25, 0.3) is 0 Å². The number of hydrogen-bond donors (Lipinski definition) is 1. The van der Waals surface area contributed by atoms with Gasteiger partial charge in [0.15, 0.2) is 0 Å². The lowest BCUT2D eigenvalue weighted by Crippen LogP contribution is -2.04. The third-order valence-electron chi connectivity index (χ3n) is 2.37. The highest BCUT2D eigenvalue weighted by atomic mass is 15.0.